The van der Waals surface area contributed by atoms with E-state index in [9.17, 15) is 4.79 Å². The number of aryl methyl sites for hydroxylation is 1. The summed E-state index contributed by atoms with van der Waals surface area (Å²) in [5.41, 5.74) is 3.13. The first-order valence-electron chi connectivity index (χ1n) is 6.12. The van der Waals surface area contributed by atoms with Crippen molar-refractivity contribution >= 4 is 22.6 Å². The van der Waals surface area contributed by atoms with E-state index in [0.717, 1.165) is 34.9 Å². The number of rotatable bonds is 1. The Kier molecular flexibility index (Phi) is 2.91. The van der Waals surface area contributed by atoms with E-state index in [1.165, 1.54) is 12.7 Å². The summed E-state index contributed by atoms with van der Waals surface area (Å²) >= 11 is 0. The van der Waals surface area contributed by atoms with Crippen LogP contribution in [0.15, 0.2) is 41.6 Å². The molecule has 0 saturated carbocycles. The maximum Gasteiger partial charge on any atom is 0.534 e. The highest BCUT2D eigenvalue weighted by Crippen LogP contribution is 2.30. The Morgan fingerprint density at radius 1 is 1.16 bits per heavy atom. The zero-order chi connectivity index (χ0) is 13.2. The second-order valence-corrected chi connectivity index (χ2v) is 4.40. The summed E-state index contributed by atoms with van der Waals surface area (Å²) in [5.74, 6) is 0. The van der Waals surface area contributed by atoms with Gasteiger partial charge in [-0.25, -0.2) is 4.79 Å². The van der Waals surface area contributed by atoms with Crippen LogP contribution in [-0.2, 0) is 16.0 Å². The molecule has 0 radical (unpaired) electrons. The fourth-order valence-electron chi connectivity index (χ4n) is 2.46. The molecule has 0 fully saturated rings. The number of methoxy groups -OCH3 is 1. The normalized spacial score (nSPS) is 15.5. The molecule has 0 aromatic heterocycles. The Morgan fingerprint density at radius 3 is 2.84 bits per heavy atom. The number of benzene rings is 2. The second-order valence-electron chi connectivity index (χ2n) is 4.40. The number of ether oxygens (including phenoxy) is 1. The van der Waals surface area contributed by atoms with Gasteiger partial charge in [0, 0.05) is 5.56 Å². The van der Waals surface area contributed by atoms with Crippen LogP contribution in [0.4, 0.5) is 4.79 Å². The standard InChI is InChI=1S/C15H13NO3/c1-18-15(17)19-16-13-9-8-11-7-6-10-4-2-3-5-12(10)14(11)13/h2-7H,8-9H2,1H3/b16-13+. The molecule has 1 aliphatic rings. The monoisotopic (exact) mass is 255 g/mol. The summed E-state index contributed by atoms with van der Waals surface area (Å²) in [7, 11) is 1.26. The first kappa shape index (κ1) is 11.7. The van der Waals surface area contributed by atoms with Crippen molar-refractivity contribution in [3.05, 3.63) is 47.5 Å². The summed E-state index contributed by atoms with van der Waals surface area (Å²) < 4.78 is 4.42. The molecule has 3 rings (SSSR count). The molecule has 0 amide bonds. The van der Waals surface area contributed by atoms with Crippen LogP contribution in [0.3, 0.4) is 0 Å². The fourth-order valence-corrected chi connectivity index (χ4v) is 2.46. The Hall–Kier alpha value is -2.36. The van der Waals surface area contributed by atoms with Crippen LogP contribution in [0.1, 0.15) is 17.5 Å². The van der Waals surface area contributed by atoms with E-state index >= 15 is 0 Å². The largest absolute Gasteiger partial charge is 0.534 e. The lowest BCUT2D eigenvalue weighted by Gasteiger charge is -2.05. The van der Waals surface area contributed by atoms with Crippen LogP contribution in [-0.4, -0.2) is 19.0 Å². The number of fused-ring (bicyclic) bond motifs is 3. The zero-order valence-corrected chi connectivity index (χ0v) is 10.6. The molecule has 4 nitrogen and oxygen atoms in total. The molecule has 96 valence electrons. The van der Waals surface area contributed by atoms with Crippen LogP contribution in [0.25, 0.3) is 10.8 Å². The Morgan fingerprint density at radius 2 is 2.00 bits per heavy atom. The molecule has 0 N–H and O–H groups in total. The maximum absolute atomic E-state index is 11.0. The molecule has 4 heteroatoms. The molecule has 0 atom stereocenters. The Balaban J connectivity index is 2.07. The minimum atomic E-state index is -0.791. The van der Waals surface area contributed by atoms with Crippen LogP contribution in [0.2, 0.25) is 0 Å². The van der Waals surface area contributed by atoms with Crippen molar-refractivity contribution < 1.29 is 14.4 Å². The molecule has 0 bridgehead atoms. The first-order valence-corrected chi connectivity index (χ1v) is 6.12. The number of carbonyl (C=O) groups excluding carboxylic acids is 1. The SMILES string of the molecule is COC(=O)O/N=C1\CCc2ccc3ccccc3c21. The molecular weight excluding hydrogens is 242 g/mol. The quantitative estimate of drug-likeness (QED) is 0.446. The third kappa shape index (κ3) is 2.05. The van der Waals surface area contributed by atoms with Gasteiger partial charge in [0.25, 0.3) is 0 Å². The molecular formula is C15H13NO3. The first-order chi connectivity index (χ1) is 9.29. The van der Waals surface area contributed by atoms with Gasteiger partial charge >= 0.3 is 6.16 Å². The van der Waals surface area contributed by atoms with Crippen molar-refractivity contribution in [3.8, 4) is 0 Å². The number of carbonyl (C=O) groups is 1. The van der Waals surface area contributed by atoms with Crippen LogP contribution in [0, 0.1) is 0 Å². The van der Waals surface area contributed by atoms with E-state index in [0.29, 0.717) is 0 Å². The summed E-state index contributed by atoms with van der Waals surface area (Å²) in [6.07, 6.45) is 0.908. The van der Waals surface area contributed by atoms with E-state index in [1.54, 1.807) is 0 Å². The lowest BCUT2D eigenvalue weighted by Crippen LogP contribution is -2.03. The summed E-state index contributed by atoms with van der Waals surface area (Å²) in [6.45, 7) is 0. The van der Waals surface area contributed by atoms with E-state index in [4.69, 9.17) is 4.84 Å². The molecule has 0 unspecified atom stereocenters. The van der Waals surface area contributed by atoms with E-state index in [2.05, 4.69) is 34.2 Å². The predicted molar refractivity (Wildman–Crippen MR) is 72.3 cm³/mol. The second kappa shape index (κ2) is 4.72. The third-order valence-corrected chi connectivity index (χ3v) is 3.33. The Bertz CT molecular complexity index is 676. The van der Waals surface area contributed by atoms with Gasteiger partial charge in [0.05, 0.1) is 12.8 Å². The third-order valence-electron chi connectivity index (χ3n) is 3.33. The van der Waals surface area contributed by atoms with E-state index < -0.39 is 6.16 Å². The van der Waals surface area contributed by atoms with Crippen LogP contribution < -0.4 is 0 Å². The minimum absolute atomic E-state index is 0.778. The van der Waals surface area contributed by atoms with Crippen LogP contribution >= 0.6 is 0 Å². The molecule has 0 heterocycles. The van der Waals surface area contributed by atoms with Gasteiger partial charge in [0.15, 0.2) is 0 Å². The molecule has 0 aliphatic heterocycles. The van der Waals surface area contributed by atoms with E-state index in [1.807, 2.05) is 12.1 Å². The van der Waals surface area contributed by atoms with Gasteiger partial charge in [0.1, 0.15) is 0 Å². The molecule has 19 heavy (non-hydrogen) atoms. The summed E-state index contributed by atoms with van der Waals surface area (Å²) in [5, 5.41) is 6.23. The average molecular weight is 255 g/mol. The highest BCUT2D eigenvalue weighted by atomic mass is 16.8. The maximum atomic E-state index is 11.0. The number of hydrogen-bond acceptors (Lipinski definition) is 4. The number of oxime groups is 1. The number of hydrogen-bond donors (Lipinski definition) is 0. The highest BCUT2D eigenvalue weighted by Gasteiger charge is 2.21. The van der Waals surface area contributed by atoms with Crippen molar-refractivity contribution in [3.63, 3.8) is 0 Å². The van der Waals surface area contributed by atoms with Crippen molar-refractivity contribution in [2.45, 2.75) is 12.8 Å². The predicted octanol–water partition coefficient (Wildman–Crippen LogP) is 3.27. The molecule has 2 aromatic rings. The van der Waals surface area contributed by atoms with Crippen LogP contribution in [0.5, 0.6) is 0 Å². The summed E-state index contributed by atoms with van der Waals surface area (Å²) in [6, 6.07) is 12.3. The van der Waals surface area contributed by atoms with Gasteiger partial charge in [0.2, 0.25) is 0 Å². The molecule has 0 saturated heterocycles. The van der Waals surface area contributed by atoms with Gasteiger partial charge in [-0.1, -0.05) is 41.6 Å². The zero-order valence-electron chi connectivity index (χ0n) is 10.6. The fraction of sp³-hybridized carbons (Fsp3) is 0.200. The lowest BCUT2D eigenvalue weighted by atomic mass is 10.0. The van der Waals surface area contributed by atoms with Crippen molar-refractivity contribution in [2.75, 3.05) is 7.11 Å². The van der Waals surface area contributed by atoms with Gasteiger partial charge in [-0.3, -0.25) is 4.84 Å². The van der Waals surface area contributed by atoms with Crippen molar-refractivity contribution in [2.24, 2.45) is 5.16 Å². The Labute approximate surface area is 110 Å². The number of nitrogens with zero attached hydrogens (tertiary/aromatic N) is 1. The van der Waals surface area contributed by atoms with E-state index in [-0.39, 0.29) is 0 Å². The van der Waals surface area contributed by atoms with Gasteiger partial charge < -0.3 is 4.74 Å². The molecule has 1 aliphatic carbocycles. The van der Waals surface area contributed by atoms with Gasteiger partial charge in [-0.05, 0) is 29.2 Å². The smallest absolute Gasteiger partial charge is 0.436 e. The minimum Gasteiger partial charge on any atom is -0.436 e. The van der Waals surface area contributed by atoms with Crippen molar-refractivity contribution in [1.82, 2.24) is 0 Å². The summed E-state index contributed by atoms with van der Waals surface area (Å²) in [4.78, 5) is 15.7. The van der Waals surface area contributed by atoms with Gasteiger partial charge in [-0.2, -0.15) is 0 Å². The van der Waals surface area contributed by atoms with Gasteiger partial charge in [-0.15, -0.1) is 0 Å². The van der Waals surface area contributed by atoms with Crippen molar-refractivity contribution in [1.29, 1.82) is 0 Å². The highest BCUT2D eigenvalue weighted by molar-refractivity contribution is 6.14. The topological polar surface area (TPSA) is 47.9 Å². The molecule has 0 spiro atoms. The lowest BCUT2D eigenvalue weighted by molar-refractivity contribution is 0.0753. The molecule has 2 aromatic carbocycles. The average Bonchev–Trinajstić information content (AvgIpc) is 2.88.